The number of rotatable bonds is 4. The van der Waals surface area contributed by atoms with Crippen LogP contribution in [-0.2, 0) is 4.74 Å². The molecule has 0 aromatic heterocycles. The van der Waals surface area contributed by atoms with E-state index in [0.717, 1.165) is 25.5 Å². The van der Waals surface area contributed by atoms with Crippen LogP contribution in [0.4, 0.5) is 0 Å². The zero-order chi connectivity index (χ0) is 12.6. The van der Waals surface area contributed by atoms with E-state index in [1.54, 1.807) is 0 Å². The van der Waals surface area contributed by atoms with Gasteiger partial charge in [0.1, 0.15) is 0 Å². The van der Waals surface area contributed by atoms with Crippen molar-refractivity contribution in [2.45, 2.75) is 57.6 Å². The molecule has 3 fully saturated rings. The summed E-state index contributed by atoms with van der Waals surface area (Å²) < 4.78 is 5.91. The summed E-state index contributed by atoms with van der Waals surface area (Å²) in [6.07, 6.45) is 7.99. The number of hydrogen-bond donors (Lipinski definition) is 2. The number of guanidine groups is 1. The first kappa shape index (κ1) is 12.3. The van der Waals surface area contributed by atoms with Crippen molar-refractivity contribution in [2.75, 3.05) is 13.2 Å². The van der Waals surface area contributed by atoms with Gasteiger partial charge in [-0.3, -0.25) is 4.99 Å². The van der Waals surface area contributed by atoms with E-state index in [1.807, 2.05) is 0 Å². The van der Waals surface area contributed by atoms with E-state index < -0.39 is 0 Å². The summed E-state index contributed by atoms with van der Waals surface area (Å²) in [5, 5.41) is 3.30. The second-order valence-electron chi connectivity index (χ2n) is 6.51. The van der Waals surface area contributed by atoms with E-state index in [4.69, 9.17) is 10.5 Å². The first-order valence-corrected chi connectivity index (χ1v) is 7.35. The van der Waals surface area contributed by atoms with E-state index in [9.17, 15) is 0 Å². The van der Waals surface area contributed by atoms with Crippen LogP contribution in [0, 0.1) is 11.3 Å². The predicted molar refractivity (Wildman–Crippen MR) is 72.5 cm³/mol. The Labute approximate surface area is 109 Å². The van der Waals surface area contributed by atoms with Gasteiger partial charge in [0.25, 0.3) is 0 Å². The minimum atomic E-state index is 0.201. The molecule has 1 aliphatic heterocycles. The molecule has 3 rings (SSSR count). The quantitative estimate of drug-likeness (QED) is 0.590. The molecular weight excluding hydrogens is 226 g/mol. The minimum Gasteiger partial charge on any atom is -0.377 e. The fourth-order valence-electron chi connectivity index (χ4n) is 3.11. The van der Waals surface area contributed by atoms with Crippen LogP contribution in [0.2, 0.25) is 0 Å². The van der Waals surface area contributed by atoms with Gasteiger partial charge in [0.05, 0.1) is 12.6 Å². The Morgan fingerprint density at radius 3 is 2.78 bits per heavy atom. The summed E-state index contributed by atoms with van der Waals surface area (Å²) in [5.74, 6) is 1.41. The molecule has 1 heterocycles. The molecular formula is C14H25N3O. The molecule has 18 heavy (non-hydrogen) atoms. The topological polar surface area (TPSA) is 59.6 Å². The lowest BCUT2D eigenvalue weighted by Gasteiger charge is -2.30. The third-order valence-corrected chi connectivity index (χ3v) is 4.78. The number of nitrogens with zero attached hydrogens (tertiary/aromatic N) is 1. The Morgan fingerprint density at radius 1 is 1.39 bits per heavy atom. The highest BCUT2D eigenvalue weighted by Crippen LogP contribution is 2.47. The normalized spacial score (nSPS) is 37.6. The maximum absolute atomic E-state index is 5.96. The number of ether oxygens (including phenoxy) is 1. The maximum atomic E-state index is 5.96. The number of aliphatic imine (C=N–C) groups is 1. The summed E-state index contributed by atoms with van der Waals surface area (Å²) >= 11 is 0. The molecule has 4 heteroatoms. The lowest BCUT2D eigenvalue weighted by Crippen LogP contribution is -2.44. The first-order valence-electron chi connectivity index (χ1n) is 7.35. The van der Waals surface area contributed by atoms with Gasteiger partial charge in [-0.1, -0.05) is 6.92 Å². The molecule has 0 amide bonds. The Kier molecular flexibility index (Phi) is 3.22. The van der Waals surface area contributed by atoms with Gasteiger partial charge in [0.15, 0.2) is 5.96 Å². The molecule has 0 bridgehead atoms. The number of nitrogens with one attached hydrogen (secondary N) is 1. The molecule has 3 N–H and O–H groups in total. The molecule has 2 unspecified atom stereocenters. The molecule has 102 valence electrons. The van der Waals surface area contributed by atoms with Crippen LogP contribution in [-0.4, -0.2) is 31.3 Å². The molecule has 0 aromatic carbocycles. The molecule has 2 atom stereocenters. The van der Waals surface area contributed by atoms with Crippen molar-refractivity contribution in [3.63, 3.8) is 0 Å². The first-order chi connectivity index (χ1) is 8.67. The smallest absolute Gasteiger partial charge is 0.188 e. The van der Waals surface area contributed by atoms with Gasteiger partial charge in [-0.05, 0) is 44.4 Å². The average Bonchev–Trinajstić information content (AvgIpc) is 3.06. The lowest BCUT2D eigenvalue weighted by molar-refractivity contribution is 0.0424. The van der Waals surface area contributed by atoms with Crippen molar-refractivity contribution in [1.82, 2.24) is 5.32 Å². The van der Waals surface area contributed by atoms with E-state index >= 15 is 0 Å². The summed E-state index contributed by atoms with van der Waals surface area (Å²) in [7, 11) is 0. The Balaban J connectivity index is 1.55. The van der Waals surface area contributed by atoms with E-state index in [0.29, 0.717) is 18.1 Å². The standard InChI is InChI=1S/C14H25N3O/c1-14(7-8-18-12(14)10-5-6-10)9-16-13(15)17-11-3-2-4-11/h10-12H,2-9H2,1H3,(H3,15,16,17). The summed E-state index contributed by atoms with van der Waals surface area (Å²) in [6.45, 7) is 4.01. The molecule has 2 aliphatic carbocycles. The Hall–Kier alpha value is -0.770. The van der Waals surface area contributed by atoms with Gasteiger partial charge in [0, 0.05) is 18.1 Å². The van der Waals surface area contributed by atoms with Crippen LogP contribution >= 0.6 is 0 Å². The second kappa shape index (κ2) is 4.72. The zero-order valence-electron chi connectivity index (χ0n) is 11.3. The molecule has 2 saturated carbocycles. The van der Waals surface area contributed by atoms with Crippen molar-refractivity contribution in [3.8, 4) is 0 Å². The fourth-order valence-corrected chi connectivity index (χ4v) is 3.11. The molecule has 4 nitrogen and oxygen atoms in total. The van der Waals surface area contributed by atoms with Crippen molar-refractivity contribution in [1.29, 1.82) is 0 Å². The fraction of sp³-hybridized carbons (Fsp3) is 0.929. The van der Waals surface area contributed by atoms with E-state index in [-0.39, 0.29) is 5.41 Å². The Bertz CT molecular complexity index is 336. The highest BCUT2D eigenvalue weighted by Gasteiger charge is 2.47. The molecule has 1 saturated heterocycles. The average molecular weight is 251 g/mol. The van der Waals surface area contributed by atoms with Gasteiger partial charge in [-0.25, -0.2) is 0 Å². The monoisotopic (exact) mass is 251 g/mol. The number of hydrogen-bond acceptors (Lipinski definition) is 2. The SMILES string of the molecule is CC1(CN=C(N)NC2CCC2)CCOC1C1CC1. The van der Waals surface area contributed by atoms with Gasteiger partial charge < -0.3 is 15.8 Å². The van der Waals surface area contributed by atoms with Crippen LogP contribution in [0.3, 0.4) is 0 Å². The molecule has 0 spiro atoms. The van der Waals surface area contributed by atoms with Crippen molar-refractivity contribution in [3.05, 3.63) is 0 Å². The summed E-state index contributed by atoms with van der Waals surface area (Å²) in [5.41, 5.74) is 6.16. The highest BCUT2D eigenvalue weighted by atomic mass is 16.5. The predicted octanol–water partition coefficient (Wildman–Crippen LogP) is 1.65. The number of nitrogens with two attached hydrogens (primary N) is 1. The van der Waals surface area contributed by atoms with Crippen LogP contribution in [0.1, 0.15) is 45.4 Å². The van der Waals surface area contributed by atoms with Gasteiger partial charge in [0.2, 0.25) is 0 Å². The summed E-state index contributed by atoms with van der Waals surface area (Å²) in [6, 6.07) is 0.570. The van der Waals surface area contributed by atoms with Gasteiger partial charge in [-0.15, -0.1) is 0 Å². The third-order valence-electron chi connectivity index (χ3n) is 4.78. The molecule has 0 radical (unpaired) electrons. The van der Waals surface area contributed by atoms with Crippen LogP contribution in [0.5, 0.6) is 0 Å². The maximum Gasteiger partial charge on any atom is 0.188 e. The van der Waals surface area contributed by atoms with Crippen molar-refractivity contribution >= 4 is 5.96 Å². The van der Waals surface area contributed by atoms with Crippen LogP contribution in [0.15, 0.2) is 4.99 Å². The van der Waals surface area contributed by atoms with Crippen LogP contribution < -0.4 is 11.1 Å². The lowest BCUT2D eigenvalue weighted by atomic mass is 9.81. The van der Waals surface area contributed by atoms with Crippen molar-refractivity contribution in [2.24, 2.45) is 22.1 Å². The van der Waals surface area contributed by atoms with Crippen molar-refractivity contribution < 1.29 is 4.74 Å². The Morgan fingerprint density at radius 2 is 2.17 bits per heavy atom. The van der Waals surface area contributed by atoms with E-state index in [2.05, 4.69) is 17.2 Å². The highest BCUT2D eigenvalue weighted by molar-refractivity contribution is 5.78. The molecule has 3 aliphatic rings. The van der Waals surface area contributed by atoms with E-state index in [1.165, 1.54) is 32.1 Å². The summed E-state index contributed by atoms with van der Waals surface area (Å²) in [4.78, 5) is 4.56. The van der Waals surface area contributed by atoms with Gasteiger partial charge >= 0.3 is 0 Å². The zero-order valence-corrected chi connectivity index (χ0v) is 11.3. The third kappa shape index (κ3) is 2.48. The largest absolute Gasteiger partial charge is 0.377 e. The van der Waals surface area contributed by atoms with Crippen LogP contribution in [0.25, 0.3) is 0 Å². The second-order valence-corrected chi connectivity index (χ2v) is 6.51. The minimum absolute atomic E-state index is 0.201. The molecule has 0 aromatic rings. The van der Waals surface area contributed by atoms with Gasteiger partial charge in [-0.2, -0.15) is 0 Å².